The number of amides is 2. The highest BCUT2D eigenvalue weighted by molar-refractivity contribution is 6.35. The molecule has 1 aromatic heterocycles. The Bertz CT molecular complexity index is 1340. The molecule has 5 rings (SSSR count). The van der Waals surface area contributed by atoms with Gasteiger partial charge in [0.25, 0.3) is 11.8 Å². The summed E-state index contributed by atoms with van der Waals surface area (Å²) in [4.78, 5) is 27.4. The maximum absolute atomic E-state index is 13.3. The molecular weight excluding hydrogens is 471 g/mol. The molecule has 2 N–H and O–H groups in total. The van der Waals surface area contributed by atoms with E-state index in [1.807, 2.05) is 0 Å². The van der Waals surface area contributed by atoms with Gasteiger partial charge in [0.05, 0.1) is 16.8 Å². The summed E-state index contributed by atoms with van der Waals surface area (Å²) >= 11 is 0. The van der Waals surface area contributed by atoms with E-state index in [0.29, 0.717) is 29.2 Å². The van der Waals surface area contributed by atoms with Crippen molar-refractivity contribution in [3.05, 3.63) is 77.0 Å². The second kappa shape index (κ2) is 9.66. The van der Waals surface area contributed by atoms with Gasteiger partial charge in [-0.2, -0.15) is 13.2 Å². The molecule has 1 saturated heterocycles. The number of furan rings is 1. The summed E-state index contributed by atoms with van der Waals surface area (Å²) < 4.78 is 45.8. The van der Waals surface area contributed by atoms with E-state index in [4.69, 9.17) is 4.42 Å². The van der Waals surface area contributed by atoms with Crippen molar-refractivity contribution >= 4 is 29.2 Å². The molecule has 0 spiro atoms. The third-order valence-corrected chi connectivity index (χ3v) is 6.38. The topological polar surface area (TPSA) is 74.6 Å². The number of halogens is 3. The Labute approximate surface area is 205 Å². The summed E-state index contributed by atoms with van der Waals surface area (Å²) in [6, 6.07) is 14.0. The highest BCUT2D eigenvalue weighted by Crippen LogP contribution is 2.42. The predicted molar refractivity (Wildman–Crippen MR) is 130 cm³/mol. The number of carbonyl (C=O) groups is 2. The Morgan fingerprint density at radius 2 is 1.86 bits per heavy atom. The predicted octanol–water partition coefficient (Wildman–Crippen LogP) is 5.28. The highest BCUT2D eigenvalue weighted by Gasteiger charge is 2.38. The summed E-state index contributed by atoms with van der Waals surface area (Å²) in [6.07, 6.45) is -0.773. The first-order valence-corrected chi connectivity index (χ1v) is 11.7. The quantitative estimate of drug-likeness (QED) is 0.456. The Balaban J connectivity index is 1.33. The van der Waals surface area contributed by atoms with Gasteiger partial charge in [0.2, 0.25) is 0 Å². The van der Waals surface area contributed by atoms with Crippen LogP contribution < -0.4 is 10.6 Å². The zero-order valence-electron chi connectivity index (χ0n) is 19.3. The molecule has 3 heterocycles. The van der Waals surface area contributed by atoms with Crippen LogP contribution in [0.5, 0.6) is 0 Å². The van der Waals surface area contributed by atoms with E-state index in [0.717, 1.165) is 25.7 Å². The molecule has 9 heteroatoms. The van der Waals surface area contributed by atoms with Crippen molar-refractivity contribution in [3.8, 4) is 11.3 Å². The van der Waals surface area contributed by atoms with Gasteiger partial charge in [0.1, 0.15) is 11.5 Å². The fourth-order valence-corrected chi connectivity index (χ4v) is 4.57. The minimum atomic E-state index is -4.59. The van der Waals surface area contributed by atoms with Crippen molar-refractivity contribution in [1.82, 2.24) is 10.2 Å². The lowest BCUT2D eigenvalue weighted by molar-refractivity contribution is -0.136. The number of fused-ring (bicyclic) bond motifs is 1. The molecule has 0 bridgehead atoms. The fraction of sp³-hybridized carbons (Fsp3) is 0.259. The highest BCUT2D eigenvalue weighted by atomic mass is 19.4. The number of alkyl halides is 3. The normalized spacial score (nSPS) is 16.9. The average Bonchev–Trinajstić information content (AvgIpc) is 3.60. The maximum atomic E-state index is 13.3. The fourth-order valence-electron chi connectivity index (χ4n) is 4.57. The SMILES string of the molecule is O=C1Nc2c(cccc2C(F)(F)F)C1=Cc1ccc(-c2cccc(C(=O)NCCN3CCCC3)c2)o1. The standard InChI is InChI=1S/C27H24F3N3O3/c28-27(29,30)22-8-4-7-20-21(26(35)32-24(20)22)16-19-9-10-23(36-19)17-5-3-6-18(15-17)25(34)31-11-14-33-12-1-2-13-33/h3-10,15-16H,1-2,11-14H2,(H,31,34)(H,32,35). The molecule has 0 unspecified atom stereocenters. The van der Waals surface area contributed by atoms with Gasteiger partial charge in [-0.25, -0.2) is 0 Å². The maximum Gasteiger partial charge on any atom is 0.418 e. The minimum absolute atomic E-state index is 0.0862. The van der Waals surface area contributed by atoms with Gasteiger partial charge in [0, 0.05) is 29.8 Å². The molecule has 6 nitrogen and oxygen atoms in total. The number of hydrogen-bond acceptors (Lipinski definition) is 4. The molecule has 36 heavy (non-hydrogen) atoms. The van der Waals surface area contributed by atoms with Crippen molar-refractivity contribution in [3.63, 3.8) is 0 Å². The van der Waals surface area contributed by atoms with E-state index < -0.39 is 17.6 Å². The van der Waals surface area contributed by atoms with Crippen LogP contribution in [0.25, 0.3) is 23.0 Å². The number of para-hydroxylation sites is 1. The van der Waals surface area contributed by atoms with E-state index in [-0.39, 0.29) is 22.7 Å². The Morgan fingerprint density at radius 3 is 2.64 bits per heavy atom. The lowest BCUT2D eigenvalue weighted by Gasteiger charge is -2.14. The van der Waals surface area contributed by atoms with Crippen LogP contribution in [0.4, 0.5) is 18.9 Å². The second-order valence-electron chi connectivity index (χ2n) is 8.83. The number of benzene rings is 2. The molecule has 2 amide bonds. The van der Waals surface area contributed by atoms with Crippen LogP contribution in [0.15, 0.2) is 59.0 Å². The molecule has 2 aliphatic rings. The number of likely N-dealkylation sites (tertiary alicyclic amines) is 1. The van der Waals surface area contributed by atoms with Crippen LogP contribution >= 0.6 is 0 Å². The van der Waals surface area contributed by atoms with Gasteiger partial charge in [-0.05, 0) is 62.3 Å². The number of nitrogens with zero attached hydrogens (tertiary/aromatic N) is 1. The molecule has 0 aliphatic carbocycles. The first-order valence-electron chi connectivity index (χ1n) is 11.7. The van der Waals surface area contributed by atoms with Crippen LogP contribution in [0, 0.1) is 0 Å². The molecule has 2 aromatic carbocycles. The third kappa shape index (κ3) is 4.92. The minimum Gasteiger partial charge on any atom is -0.457 e. The zero-order valence-corrected chi connectivity index (χ0v) is 19.3. The van der Waals surface area contributed by atoms with Crippen LogP contribution in [0.1, 0.15) is 40.1 Å². The van der Waals surface area contributed by atoms with E-state index >= 15 is 0 Å². The molecular formula is C27H24F3N3O3. The van der Waals surface area contributed by atoms with Gasteiger partial charge < -0.3 is 20.0 Å². The third-order valence-electron chi connectivity index (χ3n) is 6.38. The number of carbonyl (C=O) groups excluding carboxylic acids is 2. The number of anilines is 1. The Kier molecular flexibility index (Phi) is 6.40. The second-order valence-corrected chi connectivity index (χ2v) is 8.83. The summed E-state index contributed by atoms with van der Waals surface area (Å²) in [5, 5.41) is 5.26. The number of rotatable bonds is 6. The van der Waals surface area contributed by atoms with Crippen molar-refractivity contribution in [2.75, 3.05) is 31.5 Å². The van der Waals surface area contributed by atoms with Gasteiger partial charge in [-0.15, -0.1) is 0 Å². The lowest BCUT2D eigenvalue weighted by Crippen LogP contribution is -2.33. The van der Waals surface area contributed by atoms with Crippen molar-refractivity contribution < 1.29 is 27.2 Å². The summed E-state index contributed by atoms with van der Waals surface area (Å²) in [7, 11) is 0. The first-order chi connectivity index (χ1) is 17.3. The zero-order chi connectivity index (χ0) is 25.3. The van der Waals surface area contributed by atoms with E-state index in [1.165, 1.54) is 31.1 Å². The Morgan fingerprint density at radius 1 is 1.08 bits per heavy atom. The molecule has 1 fully saturated rings. The van der Waals surface area contributed by atoms with Crippen LogP contribution in [-0.4, -0.2) is 42.9 Å². The van der Waals surface area contributed by atoms with Gasteiger partial charge in [-0.3, -0.25) is 9.59 Å². The van der Waals surface area contributed by atoms with Crippen molar-refractivity contribution in [2.45, 2.75) is 19.0 Å². The van der Waals surface area contributed by atoms with E-state index in [9.17, 15) is 22.8 Å². The lowest BCUT2D eigenvalue weighted by atomic mass is 10.0. The van der Waals surface area contributed by atoms with E-state index in [1.54, 1.807) is 36.4 Å². The van der Waals surface area contributed by atoms with E-state index in [2.05, 4.69) is 15.5 Å². The van der Waals surface area contributed by atoms with Gasteiger partial charge in [-0.1, -0.05) is 24.3 Å². The van der Waals surface area contributed by atoms with Crippen molar-refractivity contribution in [1.29, 1.82) is 0 Å². The summed E-state index contributed by atoms with van der Waals surface area (Å²) in [5.74, 6) is -0.0333. The molecule has 0 radical (unpaired) electrons. The molecule has 3 aromatic rings. The first kappa shape index (κ1) is 23.9. The smallest absolute Gasteiger partial charge is 0.418 e. The largest absolute Gasteiger partial charge is 0.457 e. The molecule has 0 saturated carbocycles. The molecule has 2 aliphatic heterocycles. The van der Waals surface area contributed by atoms with Gasteiger partial charge >= 0.3 is 6.18 Å². The number of nitrogens with one attached hydrogen (secondary N) is 2. The summed E-state index contributed by atoms with van der Waals surface area (Å²) in [6.45, 7) is 3.53. The Hall–Kier alpha value is -3.85. The monoisotopic (exact) mass is 495 g/mol. The van der Waals surface area contributed by atoms with Crippen molar-refractivity contribution in [2.24, 2.45) is 0 Å². The number of hydrogen-bond donors (Lipinski definition) is 2. The van der Waals surface area contributed by atoms with Crippen LogP contribution in [-0.2, 0) is 11.0 Å². The average molecular weight is 496 g/mol. The van der Waals surface area contributed by atoms with Gasteiger partial charge in [0.15, 0.2) is 0 Å². The van der Waals surface area contributed by atoms with Crippen LogP contribution in [0.3, 0.4) is 0 Å². The molecule has 0 atom stereocenters. The molecule has 186 valence electrons. The summed E-state index contributed by atoms with van der Waals surface area (Å²) in [5.41, 5.74) is 0.267. The van der Waals surface area contributed by atoms with Crippen LogP contribution in [0.2, 0.25) is 0 Å².